The molecule has 0 saturated heterocycles. The van der Waals surface area contributed by atoms with E-state index in [1.807, 2.05) is 31.2 Å². The number of benzene rings is 1. The fraction of sp³-hybridized carbons (Fsp3) is 0.400. The fourth-order valence-electron chi connectivity index (χ4n) is 1.97. The second-order valence-electron chi connectivity index (χ2n) is 4.56. The van der Waals surface area contributed by atoms with Crippen LogP contribution in [0, 0.1) is 0 Å². The largest absolute Gasteiger partial charge is 0.466 e. The monoisotopic (exact) mass is 339 g/mol. The molecule has 20 heavy (non-hydrogen) atoms. The summed E-state index contributed by atoms with van der Waals surface area (Å²) in [6, 6.07) is 7.98. The average Bonchev–Trinajstić information content (AvgIpc) is 2.82. The van der Waals surface area contributed by atoms with Crippen LogP contribution in [0.5, 0.6) is 0 Å². The lowest BCUT2D eigenvalue weighted by molar-refractivity contribution is -0.143. The molecule has 2 aromatic rings. The molecule has 1 N–H and O–H groups in total. The van der Waals surface area contributed by atoms with Crippen LogP contribution in [-0.2, 0) is 9.53 Å². The minimum atomic E-state index is -0.180. The highest BCUT2D eigenvalue weighted by Crippen LogP contribution is 2.26. The van der Waals surface area contributed by atoms with Gasteiger partial charge in [0.2, 0.25) is 0 Å². The predicted molar refractivity (Wildman–Crippen MR) is 81.6 cm³/mol. The normalized spacial score (nSPS) is 12.6. The summed E-state index contributed by atoms with van der Waals surface area (Å²) in [5.74, 6) is 0.683. The third kappa shape index (κ3) is 3.84. The Morgan fingerprint density at radius 3 is 3.00 bits per heavy atom. The Morgan fingerprint density at radius 2 is 2.25 bits per heavy atom. The summed E-state index contributed by atoms with van der Waals surface area (Å²) in [5.41, 5.74) is 0.863. The molecule has 0 bridgehead atoms. The number of furan rings is 1. The van der Waals surface area contributed by atoms with Gasteiger partial charge in [-0.3, -0.25) is 4.79 Å². The predicted octanol–water partition coefficient (Wildman–Crippen LogP) is 3.80. The van der Waals surface area contributed by atoms with Gasteiger partial charge in [0.05, 0.1) is 19.1 Å². The maximum atomic E-state index is 11.2. The van der Waals surface area contributed by atoms with Crippen molar-refractivity contribution in [3.63, 3.8) is 0 Å². The lowest BCUT2D eigenvalue weighted by atomic mass is 10.2. The minimum absolute atomic E-state index is 0.0515. The van der Waals surface area contributed by atoms with Crippen molar-refractivity contribution in [1.29, 1.82) is 0 Å². The van der Waals surface area contributed by atoms with Crippen molar-refractivity contribution in [2.24, 2.45) is 0 Å². The van der Waals surface area contributed by atoms with Gasteiger partial charge in [-0.1, -0.05) is 15.9 Å². The molecule has 0 fully saturated rings. The molecule has 2 rings (SSSR count). The molecule has 0 aliphatic heterocycles. The van der Waals surface area contributed by atoms with Crippen LogP contribution in [0.2, 0.25) is 0 Å². The number of rotatable bonds is 6. The second kappa shape index (κ2) is 6.90. The summed E-state index contributed by atoms with van der Waals surface area (Å²) >= 11 is 3.44. The SMILES string of the molecule is CCOC(=O)CCNC(C)c1cc2cc(Br)ccc2o1. The van der Waals surface area contributed by atoms with Crippen LogP contribution >= 0.6 is 15.9 Å². The van der Waals surface area contributed by atoms with Gasteiger partial charge in [-0.2, -0.15) is 0 Å². The zero-order valence-corrected chi connectivity index (χ0v) is 13.2. The highest BCUT2D eigenvalue weighted by molar-refractivity contribution is 9.10. The van der Waals surface area contributed by atoms with Crippen LogP contribution in [0.4, 0.5) is 0 Å². The van der Waals surface area contributed by atoms with E-state index >= 15 is 0 Å². The van der Waals surface area contributed by atoms with Crippen molar-refractivity contribution in [2.75, 3.05) is 13.2 Å². The molecule has 0 aliphatic rings. The Hall–Kier alpha value is -1.33. The molecule has 0 aliphatic carbocycles. The van der Waals surface area contributed by atoms with Gasteiger partial charge < -0.3 is 14.5 Å². The molecule has 0 saturated carbocycles. The number of hydrogen-bond donors (Lipinski definition) is 1. The molecule has 1 aromatic heterocycles. The summed E-state index contributed by atoms with van der Waals surface area (Å²) in [5, 5.41) is 4.32. The number of fused-ring (bicyclic) bond motifs is 1. The Labute approximate surface area is 126 Å². The van der Waals surface area contributed by atoms with Crippen molar-refractivity contribution in [3.05, 3.63) is 34.5 Å². The van der Waals surface area contributed by atoms with Gasteiger partial charge in [-0.15, -0.1) is 0 Å². The molecular weight excluding hydrogens is 322 g/mol. The van der Waals surface area contributed by atoms with Gasteiger partial charge in [0.1, 0.15) is 11.3 Å². The van der Waals surface area contributed by atoms with Crippen molar-refractivity contribution in [3.8, 4) is 0 Å². The number of hydrogen-bond acceptors (Lipinski definition) is 4. The van der Waals surface area contributed by atoms with Gasteiger partial charge in [0.15, 0.2) is 0 Å². The van der Waals surface area contributed by atoms with E-state index in [0.29, 0.717) is 19.6 Å². The maximum Gasteiger partial charge on any atom is 0.307 e. The van der Waals surface area contributed by atoms with Gasteiger partial charge >= 0.3 is 5.97 Å². The second-order valence-corrected chi connectivity index (χ2v) is 5.48. The Balaban J connectivity index is 1.93. The molecule has 0 radical (unpaired) electrons. The van der Waals surface area contributed by atoms with Crippen LogP contribution < -0.4 is 5.32 Å². The molecule has 4 nitrogen and oxygen atoms in total. The number of carbonyl (C=O) groups excluding carboxylic acids is 1. The number of esters is 1. The Kier molecular flexibility index (Phi) is 5.20. The van der Waals surface area contributed by atoms with Crippen LogP contribution in [0.1, 0.15) is 32.1 Å². The number of halogens is 1. The van der Waals surface area contributed by atoms with Crippen LogP contribution in [0.25, 0.3) is 11.0 Å². The zero-order valence-electron chi connectivity index (χ0n) is 11.6. The molecule has 0 amide bonds. The van der Waals surface area contributed by atoms with Gasteiger partial charge in [-0.25, -0.2) is 0 Å². The summed E-state index contributed by atoms with van der Waals surface area (Å²) < 4.78 is 11.7. The summed E-state index contributed by atoms with van der Waals surface area (Å²) in [4.78, 5) is 11.2. The first-order valence-corrected chi connectivity index (χ1v) is 7.47. The average molecular weight is 340 g/mol. The number of ether oxygens (including phenoxy) is 1. The van der Waals surface area contributed by atoms with E-state index in [1.54, 1.807) is 6.92 Å². The van der Waals surface area contributed by atoms with Gasteiger partial charge in [0.25, 0.3) is 0 Å². The van der Waals surface area contributed by atoms with E-state index in [9.17, 15) is 4.79 Å². The number of nitrogens with one attached hydrogen (secondary N) is 1. The Morgan fingerprint density at radius 1 is 1.45 bits per heavy atom. The first kappa shape index (κ1) is 15.1. The molecule has 108 valence electrons. The van der Waals surface area contributed by atoms with Crippen LogP contribution in [0.15, 0.2) is 33.2 Å². The first-order valence-electron chi connectivity index (χ1n) is 6.68. The summed E-state index contributed by atoms with van der Waals surface area (Å²) in [6.07, 6.45) is 0.365. The summed E-state index contributed by atoms with van der Waals surface area (Å²) in [6.45, 7) is 4.81. The van der Waals surface area contributed by atoms with Crippen molar-refractivity contribution in [2.45, 2.75) is 26.3 Å². The van der Waals surface area contributed by atoms with Gasteiger partial charge in [-0.05, 0) is 38.1 Å². The highest BCUT2D eigenvalue weighted by Gasteiger charge is 2.12. The van der Waals surface area contributed by atoms with Crippen LogP contribution in [-0.4, -0.2) is 19.1 Å². The van der Waals surface area contributed by atoms with E-state index in [0.717, 1.165) is 21.2 Å². The van der Waals surface area contributed by atoms with E-state index in [4.69, 9.17) is 9.15 Å². The smallest absolute Gasteiger partial charge is 0.307 e. The quantitative estimate of drug-likeness (QED) is 0.813. The van der Waals surface area contributed by atoms with Crippen LogP contribution in [0.3, 0.4) is 0 Å². The molecule has 1 heterocycles. The third-order valence-electron chi connectivity index (χ3n) is 3.01. The molecule has 1 atom stereocenters. The fourth-order valence-corrected chi connectivity index (χ4v) is 2.35. The third-order valence-corrected chi connectivity index (χ3v) is 3.50. The molecule has 5 heteroatoms. The van der Waals surface area contributed by atoms with E-state index in [-0.39, 0.29) is 12.0 Å². The van der Waals surface area contributed by atoms with Crippen molar-refractivity contribution < 1.29 is 13.9 Å². The molecule has 1 unspecified atom stereocenters. The van der Waals surface area contributed by atoms with Gasteiger partial charge in [0, 0.05) is 16.4 Å². The van der Waals surface area contributed by atoms with Crippen molar-refractivity contribution in [1.82, 2.24) is 5.32 Å². The Bertz CT molecular complexity index is 594. The maximum absolute atomic E-state index is 11.2. The van der Waals surface area contributed by atoms with E-state index in [1.165, 1.54) is 0 Å². The standard InChI is InChI=1S/C15H18BrNO3/c1-3-19-15(18)6-7-17-10(2)14-9-11-8-12(16)4-5-13(11)20-14/h4-5,8-10,17H,3,6-7H2,1-2H3. The summed E-state index contributed by atoms with van der Waals surface area (Å²) in [7, 11) is 0. The lowest BCUT2D eigenvalue weighted by Gasteiger charge is -2.10. The first-order chi connectivity index (χ1) is 9.60. The lowest BCUT2D eigenvalue weighted by Crippen LogP contribution is -2.22. The zero-order chi connectivity index (χ0) is 14.5. The molecule has 0 spiro atoms. The molecular formula is C15H18BrNO3. The van der Waals surface area contributed by atoms with E-state index in [2.05, 4.69) is 21.2 Å². The minimum Gasteiger partial charge on any atom is -0.466 e. The van der Waals surface area contributed by atoms with Crippen molar-refractivity contribution >= 4 is 32.9 Å². The highest BCUT2D eigenvalue weighted by atomic mass is 79.9. The number of carbonyl (C=O) groups is 1. The topological polar surface area (TPSA) is 51.5 Å². The molecule has 1 aromatic carbocycles. The van der Waals surface area contributed by atoms with E-state index < -0.39 is 0 Å².